The Kier molecular flexibility index (Phi) is 9.03. The van der Waals surface area contributed by atoms with Crippen LogP contribution in [-0.4, -0.2) is 51.8 Å². The first-order chi connectivity index (χ1) is 16.6. The van der Waals surface area contributed by atoms with E-state index in [2.05, 4.69) is 5.32 Å². The Labute approximate surface area is 203 Å². The Morgan fingerprint density at radius 2 is 1.77 bits per heavy atom. The molecule has 9 heteroatoms. The van der Waals surface area contributed by atoms with Crippen LogP contribution >= 0.6 is 0 Å². The molecule has 1 saturated carbocycles. The van der Waals surface area contributed by atoms with Gasteiger partial charge in [-0.15, -0.1) is 0 Å². The SMILES string of the molecule is CC(C)Oc1cccc(N[C@H]2CC[C@@H](C(=O)N(CC(=O)O)Cc3cc(F)cc(F)c3)CC[C@@H]2O)c1. The van der Waals surface area contributed by atoms with Crippen LogP contribution in [0.3, 0.4) is 0 Å². The van der Waals surface area contributed by atoms with E-state index in [0.29, 0.717) is 31.4 Å². The van der Waals surface area contributed by atoms with E-state index in [1.54, 1.807) is 0 Å². The van der Waals surface area contributed by atoms with Gasteiger partial charge in [0, 0.05) is 30.3 Å². The number of anilines is 1. The van der Waals surface area contributed by atoms with E-state index in [-0.39, 0.29) is 24.3 Å². The van der Waals surface area contributed by atoms with Gasteiger partial charge in [-0.25, -0.2) is 8.78 Å². The number of hydrogen-bond acceptors (Lipinski definition) is 5. The fourth-order valence-electron chi connectivity index (χ4n) is 4.41. The van der Waals surface area contributed by atoms with Gasteiger partial charge in [-0.3, -0.25) is 9.59 Å². The highest BCUT2D eigenvalue weighted by molar-refractivity contribution is 5.83. The lowest BCUT2D eigenvalue weighted by atomic mass is 9.98. The normalized spacial score (nSPS) is 20.2. The minimum Gasteiger partial charge on any atom is -0.491 e. The van der Waals surface area contributed by atoms with E-state index in [1.165, 1.54) is 0 Å². The molecule has 3 atom stereocenters. The molecule has 0 aromatic heterocycles. The van der Waals surface area contributed by atoms with E-state index in [1.807, 2.05) is 38.1 Å². The van der Waals surface area contributed by atoms with E-state index in [9.17, 15) is 28.6 Å². The monoisotopic (exact) mass is 490 g/mol. The predicted octanol–water partition coefficient (Wildman–Crippen LogP) is 4.20. The second kappa shape index (κ2) is 12.0. The third kappa shape index (κ3) is 7.92. The van der Waals surface area contributed by atoms with Crippen LogP contribution in [0.4, 0.5) is 14.5 Å². The van der Waals surface area contributed by atoms with Crippen molar-refractivity contribution in [3.05, 3.63) is 59.7 Å². The maximum Gasteiger partial charge on any atom is 0.323 e. The molecule has 1 amide bonds. The highest BCUT2D eigenvalue weighted by Crippen LogP contribution is 2.29. The van der Waals surface area contributed by atoms with Crippen molar-refractivity contribution >= 4 is 17.6 Å². The Bertz CT molecular complexity index is 1010. The lowest BCUT2D eigenvalue weighted by Gasteiger charge is -2.26. The molecule has 7 nitrogen and oxygen atoms in total. The van der Waals surface area contributed by atoms with Crippen molar-refractivity contribution in [2.24, 2.45) is 5.92 Å². The van der Waals surface area contributed by atoms with Crippen molar-refractivity contribution in [1.82, 2.24) is 4.90 Å². The molecule has 3 rings (SSSR count). The fourth-order valence-corrected chi connectivity index (χ4v) is 4.41. The summed E-state index contributed by atoms with van der Waals surface area (Å²) in [6, 6.07) is 10.0. The summed E-state index contributed by atoms with van der Waals surface area (Å²) in [5.74, 6) is -3.01. The maximum absolute atomic E-state index is 13.6. The van der Waals surface area contributed by atoms with Gasteiger partial charge in [0.1, 0.15) is 23.9 Å². The third-order valence-electron chi connectivity index (χ3n) is 5.94. The molecule has 0 aliphatic heterocycles. The van der Waals surface area contributed by atoms with Crippen molar-refractivity contribution < 1.29 is 33.3 Å². The van der Waals surface area contributed by atoms with Crippen molar-refractivity contribution in [1.29, 1.82) is 0 Å². The summed E-state index contributed by atoms with van der Waals surface area (Å²) in [6.45, 7) is 3.07. The molecular weight excluding hydrogens is 458 g/mol. The highest BCUT2D eigenvalue weighted by Gasteiger charge is 2.32. The molecule has 0 unspecified atom stereocenters. The average Bonchev–Trinajstić information content (AvgIpc) is 2.93. The first kappa shape index (κ1) is 26.4. The summed E-state index contributed by atoms with van der Waals surface area (Å²) < 4.78 is 32.9. The number of carboxylic acid groups (broad SMARTS) is 1. The Morgan fingerprint density at radius 1 is 1.09 bits per heavy atom. The number of rotatable bonds is 9. The zero-order chi connectivity index (χ0) is 25.5. The summed E-state index contributed by atoms with van der Waals surface area (Å²) in [5.41, 5.74) is 0.964. The van der Waals surface area contributed by atoms with E-state index < -0.39 is 42.1 Å². The molecule has 35 heavy (non-hydrogen) atoms. The van der Waals surface area contributed by atoms with Crippen molar-refractivity contribution in [3.8, 4) is 5.75 Å². The van der Waals surface area contributed by atoms with E-state index in [0.717, 1.165) is 28.8 Å². The number of carbonyl (C=O) groups excluding carboxylic acids is 1. The van der Waals surface area contributed by atoms with Gasteiger partial charge in [-0.2, -0.15) is 0 Å². The van der Waals surface area contributed by atoms with E-state index >= 15 is 0 Å². The predicted molar refractivity (Wildman–Crippen MR) is 127 cm³/mol. The minimum atomic E-state index is -1.22. The fraction of sp³-hybridized carbons (Fsp3) is 0.462. The van der Waals surface area contributed by atoms with Crippen molar-refractivity contribution in [2.75, 3.05) is 11.9 Å². The van der Waals surface area contributed by atoms with Crippen LogP contribution in [0.5, 0.6) is 5.75 Å². The smallest absolute Gasteiger partial charge is 0.323 e. The van der Waals surface area contributed by atoms with Crippen LogP contribution in [-0.2, 0) is 16.1 Å². The molecule has 190 valence electrons. The summed E-state index contributed by atoms with van der Waals surface area (Å²) >= 11 is 0. The number of benzene rings is 2. The standard InChI is InChI=1S/C26H32F2N2O5/c1-16(2)35-22-5-3-4-21(13-22)29-23-8-6-18(7-9-24(23)31)26(34)30(15-25(32)33)14-17-10-19(27)12-20(28)11-17/h3-5,10-13,16,18,23-24,29,31H,6-9,14-15H2,1-2H3,(H,32,33)/t18-,23+,24+/m1/s1. The van der Waals surface area contributed by atoms with Crippen LogP contribution < -0.4 is 10.1 Å². The quantitative estimate of drug-likeness (QED) is 0.456. The van der Waals surface area contributed by atoms with Gasteiger partial charge in [0.2, 0.25) is 5.91 Å². The average molecular weight is 491 g/mol. The Balaban J connectivity index is 1.68. The summed E-state index contributed by atoms with van der Waals surface area (Å²) in [4.78, 5) is 25.7. The van der Waals surface area contributed by atoms with Gasteiger partial charge < -0.3 is 25.2 Å². The number of aliphatic carboxylic acids is 1. The lowest BCUT2D eigenvalue weighted by Crippen LogP contribution is -2.39. The second-order valence-electron chi connectivity index (χ2n) is 9.23. The first-order valence-electron chi connectivity index (χ1n) is 11.8. The molecule has 1 fully saturated rings. The third-order valence-corrected chi connectivity index (χ3v) is 5.94. The Morgan fingerprint density at radius 3 is 2.43 bits per heavy atom. The molecule has 0 saturated heterocycles. The molecular formula is C26H32F2N2O5. The number of halogens is 2. The number of aliphatic hydroxyl groups excluding tert-OH is 1. The first-order valence-corrected chi connectivity index (χ1v) is 11.8. The number of ether oxygens (including phenoxy) is 1. The molecule has 0 spiro atoms. The second-order valence-corrected chi connectivity index (χ2v) is 9.23. The number of hydrogen-bond donors (Lipinski definition) is 3. The molecule has 1 aliphatic carbocycles. The summed E-state index contributed by atoms with van der Waals surface area (Å²) in [6.07, 6.45) is 0.977. The number of carboxylic acids is 1. The van der Waals surface area contributed by atoms with Crippen LogP contribution in [0.2, 0.25) is 0 Å². The van der Waals surface area contributed by atoms with Crippen LogP contribution in [0, 0.1) is 17.6 Å². The number of nitrogens with one attached hydrogen (secondary N) is 1. The summed E-state index contributed by atoms with van der Waals surface area (Å²) in [7, 11) is 0. The van der Waals surface area contributed by atoms with E-state index in [4.69, 9.17) is 4.74 Å². The number of nitrogens with zero attached hydrogens (tertiary/aromatic N) is 1. The molecule has 2 aromatic rings. The molecule has 3 N–H and O–H groups in total. The van der Waals surface area contributed by atoms with Gasteiger partial charge in [-0.05, 0) is 69.4 Å². The van der Waals surface area contributed by atoms with Gasteiger partial charge in [0.25, 0.3) is 0 Å². The highest BCUT2D eigenvalue weighted by atomic mass is 19.1. The van der Waals surface area contributed by atoms with Gasteiger partial charge >= 0.3 is 5.97 Å². The maximum atomic E-state index is 13.6. The van der Waals surface area contributed by atoms with Crippen LogP contribution in [0.1, 0.15) is 45.1 Å². The molecule has 2 aromatic carbocycles. The zero-order valence-electron chi connectivity index (χ0n) is 19.9. The van der Waals surface area contributed by atoms with Gasteiger partial charge in [-0.1, -0.05) is 6.07 Å². The topological polar surface area (TPSA) is 99.1 Å². The number of amides is 1. The number of carbonyl (C=O) groups is 2. The van der Waals surface area contributed by atoms with Crippen molar-refractivity contribution in [3.63, 3.8) is 0 Å². The number of aliphatic hydroxyl groups is 1. The van der Waals surface area contributed by atoms with Crippen molar-refractivity contribution in [2.45, 2.75) is 64.3 Å². The zero-order valence-corrected chi connectivity index (χ0v) is 19.9. The molecule has 0 bridgehead atoms. The van der Waals surface area contributed by atoms with Crippen LogP contribution in [0.15, 0.2) is 42.5 Å². The molecule has 0 radical (unpaired) electrons. The lowest BCUT2D eigenvalue weighted by molar-refractivity contribution is -0.147. The minimum absolute atomic E-state index is 0.0260. The Hall–Kier alpha value is -3.20. The van der Waals surface area contributed by atoms with Gasteiger partial charge in [0.15, 0.2) is 0 Å². The molecule has 0 heterocycles. The van der Waals surface area contributed by atoms with Crippen LogP contribution in [0.25, 0.3) is 0 Å². The summed E-state index contributed by atoms with van der Waals surface area (Å²) in [5, 5.41) is 23.3. The largest absolute Gasteiger partial charge is 0.491 e. The van der Waals surface area contributed by atoms with Gasteiger partial charge in [0.05, 0.1) is 18.2 Å². The molecule has 1 aliphatic rings.